The van der Waals surface area contributed by atoms with Crippen molar-refractivity contribution in [3.05, 3.63) is 50.7 Å². The fourth-order valence-electron chi connectivity index (χ4n) is 2.99. The van der Waals surface area contributed by atoms with Crippen molar-refractivity contribution >= 4 is 34.5 Å². The lowest BCUT2D eigenvalue weighted by Crippen LogP contribution is -2.44. The van der Waals surface area contributed by atoms with E-state index in [-0.39, 0.29) is 11.9 Å². The number of amides is 1. The van der Waals surface area contributed by atoms with Crippen LogP contribution in [0.5, 0.6) is 0 Å². The van der Waals surface area contributed by atoms with Gasteiger partial charge in [0.25, 0.3) is 5.91 Å². The summed E-state index contributed by atoms with van der Waals surface area (Å²) < 4.78 is 0. The molecular formula is C18H18ClN3OS. The van der Waals surface area contributed by atoms with Crippen molar-refractivity contribution in [1.29, 1.82) is 5.26 Å². The minimum absolute atomic E-state index is 0.00186. The van der Waals surface area contributed by atoms with Crippen LogP contribution in [0.15, 0.2) is 30.3 Å². The van der Waals surface area contributed by atoms with Gasteiger partial charge in [-0.2, -0.15) is 5.26 Å². The molecule has 1 N–H and O–H groups in total. The summed E-state index contributed by atoms with van der Waals surface area (Å²) in [6.45, 7) is 3.54. The molecule has 1 aliphatic rings. The Balaban J connectivity index is 1.62. The molecule has 0 unspecified atom stereocenters. The largest absolute Gasteiger partial charge is 0.369 e. The highest BCUT2D eigenvalue weighted by atomic mass is 35.5. The van der Waals surface area contributed by atoms with Gasteiger partial charge in [0.15, 0.2) is 0 Å². The van der Waals surface area contributed by atoms with Gasteiger partial charge >= 0.3 is 0 Å². The lowest BCUT2D eigenvalue weighted by molar-refractivity contribution is 0.0935. The van der Waals surface area contributed by atoms with Crippen LogP contribution in [0.2, 0.25) is 5.02 Å². The summed E-state index contributed by atoms with van der Waals surface area (Å²) in [6.07, 6.45) is 1.68. The molecule has 1 amide bonds. The Hall–Kier alpha value is -2.03. The van der Waals surface area contributed by atoms with Gasteiger partial charge in [0.05, 0.1) is 21.2 Å². The third-order valence-corrected chi connectivity index (χ3v) is 5.52. The van der Waals surface area contributed by atoms with E-state index in [1.165, 1.54) is 11.3 Å². The smallest absolute Gasteiger partial charge is 0.261 e. The van der Waals surface area contributed by atoms with Crippen molar-refractivity contribution in [3.63, 3.8) is 0 Å². The van der Waals surface area contributed by atoms with Crippen LogP contribution in [0.3, 0.4) is 0 Å². The molecule has 0 atom stereocenters. The predicted molar refractivity (Wildman–Crippen MR) is 97.9 cm³/mol. The first-order valence-corrected chi connectivity index (χ1v) is 9.09. The molecule has 0 bridgehead atoms. The lowest BCUT2D eigenvalue weighted by atomic mass is 10.0. The van der Waals surface area contributed by atoms with Crippen molar-refractivity contribution < 1.29 is 4.79 Å². The number of anilines is 1. The summed E-state index contributed by atoms with van der Waals surface area (Å²) in [5, 5.41) is 13.0. The van der Waals surface area contributed by atoms with Gasteiger partial charge < -0.3 is 10.2 Å². The summed E-state index contributed by atoms with van der Waals surface area (Å²) in [4.78, 5) is 16.3. The number of carbonyl (C=O) groups excluding carboxylic acids is 1. The highest BCUT2D eigenvalue weighted by Crippen LogP contribution is 2.31. The summed E-state index contributed by atoms with van der Waals surface area (Å²) >= 11 is 7.80. The summed E-state index contributed by atoms with van der Waals surface area (Å²) in [7, 11) is 0. The molecule has 1 aliphatic heterocycles. The summed E-state index contributed by atoms with van der Waals surface area (Å²) in [5.74, 6) is 0.00186. The third-order valence-electron chi connectivity index (χ3n) is 4.22. The highest BCUT2D eigenvalue weighted by molar-refractivity contribution is 7.13. The molecule has 1 aromatic carbocycles. The average molecular weight is 360 g/mol. The number of aryl methyl sites for hydroxylation is 1. The standard InChI is InChI=1S/C18H18ClN3OS/c1-12-5-6-16(24-12)18(23)21-14-7-9-22(10-8-14)17-13(11-20)3-2-4-15(17)19/h2-6,14H,7-10H2,1H3,(H,21,23). The van der Waals surface area contributed by atoms with E-state index in [2.05, 4.69) is 16.3 Å². The number of piperidine rings is 1. The minimum atomic E-state index is 0.00186. The number of nitriles is 1. The number of para-hydroxylation sites is 1. The molecule has 24 heavy (non-hydrogen) atoms. The maximum Gasteiger partial charge on any atom is 0.261 e. The van der Waals surface area contributed by atoms with Crippen molar-refractivity contribution in [2.75, 3.05) is 18.0 Å². The average Bonchev–Trinajstić information content (AvgIpc) is 3.02. The molecule has 0 spiro atoms. The molecule has 0 saturated carbocycles. The quantitative estimate of drug-likeness (QED) is 0.901. The Morgan fingerprint density at radius 1 is 1.33 bits per heavy atom. The Bertz CT molecular complexity index is 788. The van der Waals surface area contributed by atoms with Crippen LogP contribution in [-0.4, -0.2) is 25.0 Å². The first-order chi connectivity index (χ1) is 11.6. The zero-order valence-electron chi connectivity index (χ0n) is 13.4. The number of thiophene rings is 1. The predicted octanol–water partition coefficient (Wildman–Crippen LogP) is 3.98. The number of nitrogens with zero attached hydrogens (tertiary/aromatic N) is 2. The Morgan fingerprint density at radius 2 is 2.08 bits per heavy atom. The number of carbonyl (C=O) groups is 1. The van der Waals surface area contributed by atoms with Crippen LogP contribution in [-0.2, 0) is 0 Å². The van der Waals surface area contributed by atoms with Crippen molar-refractivity contribution in [2.45, 2.75) is 25.8 Å². The van der Waals surface area contributed by atoms with Crippen LogP contribution < -0.4 is 10.2 Å². The van der Waals surface area contributed by atoms with Crippen LogP contribution in [0, 0.1) is 18.3 Å². The number of hydrogen-bond donors (Lipinski definition) is 1. The SMILES string of the molecule is Cc1ccc(C(=O)NC2CCN(c3c(Cl)cccc3C#N)CC2)s1. The summed E-state index contributed by atoms with van der Waals surface area (Å²) in [5.41, 5.74) is 1.40. The zero-order valence-corrected chi connectivity index (χ0v) is 15.0. The molecule has 2 heterocycles. The van der Waals surface area contributed by atoms with Crippen LogP contribution in [0.4, 0.5) is 5.69 Å². The second-order valence-electron chi connectivity index (χ2n) is 5.89. The molecule has 0 aliphatic carbocycles. The lowest BCUT2D eigenvalue weighted by Gasteiger charge is -2.34. The molecule has 1 fully saturated rings. The second kappa shape index (κ2) is 7.25. The maximum atomic E-state index is 12.3. The molecule has 6 heteroatoms. The number of nitrogens with one attached hydrogen (secondary N) is 1. The van der Waals surface area contributed by atoms with E-state index >= 15 is 0 Å². The van der Waals surface area contributed by atoms with Crippen LogP contribution >= 0.6 is 22.9 Å². The number of rotatable bonds is 3. The molecule has 124 valence electrons. The molecular weight excluding hydrogens is 342 g/mol. The fraction of sp³-hybridized carbons (Fsp3) is 0.333. The molecule has 4 nitrogen and oxygen atoms in total. The van der Waals surface area contributed by atoms with E-state index in [1.807, 2.05) is 25.1 Å². The third kappa shape index (κ3) is 3.55. The summed E-state index contributed by atoms with van der Waals surface area (Å²) in [6, 6.07) is 11.6. The van der Waals surface area contributed by atoms with Gasteiger partial charge in [-0.15, -0.1) is 11.3 Å². The maximum absolute atomic E-state index is 12.3. The molecule has 1 saturated heterocycles. The van der Waals surface area contributed by atoms with E-state index in [0.29, 0.717) is 10.6 Å². The Morgan fingerprint density at radius 3 is 2.71 bits per heavy atom. The molecule has 3 rings (SSSR count). The van der Waals surface area contributed by atoms with E-state index < -0.39 is 0 Å². The van der Waals surface area contributed by atoms with Gasteiger partial charge in [0.2, 0.25) is 0 Å². The van der Waals surface area contributed by atoms with Crippen LogP contribution in [0.1, 0.15) is 33.0 Å². The number of benzene rings is 1. The van der Waals surface area contributed by atoms with Crippen molar-refractivity contribution in [2.24, 2.45) is 0 Å². The van der Waals surface area contributed by atoms with Gasteiger partial charge in [0, 0.05) is 24.0 Å². The zero-order chi connectivity index (χ0) is 17.1. The first kappa shape index (κ1) is 16.8. The van der Waals surface area contributed by atoms with Gasteiger partial charge in [-0.3, -0.25) is 4.79 Å². The van der Waals surface area contributed by atoms with Crippen molar-refractivity contribution in [1.82, 2.24) is 5.32 Å². The topological polar surface area (TPSA) is 56.1 Å². The van der Waals surface area contributed by atoms with Crippen molar-refractivity contribution in [3.8, 4) is 6.07 Å². The molecule has 1 aromatic heterocycles. The minimum Gasteiger partial charge on any atom is -0.369 e. The monoisotopic (exact) mass is 359 g/mol. The first-order valence-electron chi connectivity index (χ1n) is 7.89. The Labute approximate surface area is 150 Å². The molecule has 0 radical (unpaired) electrons. The van der Waals surface area contributed by atoms with E-state index in [0.717, 1.165) is 41.4 Å². The van der Waals surface area contributed by atoms with Gasteiger partial charge in [0.1, 0.15) is 6.07 Å². The molecule has 2 aromatic rings. The van der Waals surface area contributed by atoms with E-state index in [9.17, 15) is 10.1 Å². The number of halogens is 1. The van der Waals surface area contributed by atoms with E-state index in [1.54, 1.807) is 12.1 Å². The second-order valence-corrected chi connectivity index (χ2v) is 7.59. The highest BCUT2D eigenvalue weighted by Gasteiger charge is 2.24. The normalized spacial score (nSPS) is 15.1. The van der Waals surface area contributed by atoms with Gasteiger partial charge in [-0.25, -0.2) is 0 Å². The van der Waals surface area contributed by atoms with Gasteiger partial charge in [-0.05, 0) is 44.0 Å². The van der Waals surface area contributed by atoms with E-state index in [4.69, 9.17) is 11.6 Å². The van der Waals surface area contributed by atoms with Crippen LogP contribution in [0.25, 0.3) is 0 Å². The fourth-order valence-corrected chi connectivity index (χ4v) is 4.05. The Kier molecular flexibility index (Phi) is 5.08. The number of hydrogen-bond acceptors (Lipinski definition) is 4. The van der Waals surface area contributed by atoms with Gasteiger partial charge in [-0.1, -0.05) is 17.7 Å².